The number of fused-ring (bicyclic) bond motifs is 2. The molecule has 3 nitrogen and oxygen atoms in total. The first-order valence-electron chi connectivity index (χ1n) is 6.60. The van der Waals surface area contributed by atoms with Crippen molar-refractivity contribution >= 4 is 5.97 Å². The molecule has 5 atom stereocenters. The van der Waals surface area contributed by atoms with Gasteiger partial charge in [0.05, 0.1) is 6.10 Å². The third kappa shape index (κ3) is 1.86. The fourth-order valence-corrected chi connectivity index (χ4v) is 3.90. The summed E-state index contributed by atoms with van der Waals surface area (Å²) in [6.07, 6.45) is 7.37. The molecule has 1 aliphatic heterocycles. The van der Waals surface area contributed by atoms with Gasteiger partial charge in [0.2, 0.25) is 0 Å². The zero-order valence-electron chi connectivity index (χ0n) is 9.60. The fraction of sp³-hybridized carbons (Fsp3) is 0.923. The Labute approximate surface area is 96.2 Å². The number of carbonyl (C=O) groups excluding carboxylic acids is 1. The number of hydrogen-bond acceptors (Lipinski definition) is 3. The molecule has 16 heavy (non-hydrogen) atoms. The molecule has 2 bridgehead atoms. The molecule has 90 valence electrons. The maximum atomic E-state index is 11.0. The van der Waals surface area contributed by atoms with Crippen LogP contribution >= 0.6 is 0 Å². The Balaban J connectivity index is 1.45. The third-order valence-electron chi connectivity index (χ3n) is 4.79. The van der Waals surface area contributed by atoms with E-state index in [1.165, 1.54) is 19.3 Å². The van der Waals surface area contributed by atoms with Gasteiger partial charge in [0.25, 0.3) is 0 Å². The lowest BCUT2D eigenvalue weighted by Gasteiger charge is -2.25. The van der Waals surface area contributed by atoms with Gasteiger partial charge >= 0.3 is 5.97 Å². The van der Waals surface area contributed by atoms with Gasteiger partial charge in [0.1, 0.15) is 6.10 Å². The summed E-state index contributed by atoms with van der Waals surface area (Å²) < 4.78 is 5.23. The van der Waals surface area contributed by atoms with E-state index in [0.29, 0.717) is 12.3 Å². The van der Waals surface area contributed by atoms with Crippen LogP contribution in [-0.4, -0.2) is 23.3 Å². The maximum absolute atomic E-state index is 11.0. The lowest BCUT2D eigenvalue weighted by atomic mass is 9.83. The SMILES string of the molecule is O=C1CCC(CCC2CC3CC2CC3O)O1. The first-order valence-corrected chi connectivity index (χ1v) is 6.60. The predicted molar refractivity (Wildman–Crippen MR) is 58.7 cm³/mol. The first-order chi connectivity index (χ1) is 7.72. The topological polar surface area (TPSA) is 46.5 Å². The lowest BCUT2D eigenvalue weighted by Crippen LogP contribution is -2.22. The van der Waals surface area contributed by atoms with Crippen LogP contribution in [-0.2, 0) is 9.53 Å². The number of carbonyl (C=O) groups is 1. The molecule has 3 heteroatoms. The van der Waals surface area contributed by atoms with Crippen LogP contribution in [0.15, 0.2) is 0 Å². The van der Waals surface area contributed by atoms with Gasteiger partial charge in [-0.05, 0) is 56.3 Å². The van der Waals surface area contributed by atoms with Crippen molar-refractivity contribution in [2.75, 3.05) is 0 Å². The summed E-state index contributed by atoms with van der Waals surface area (Å²) in [5.41, 5.74) is 0. The molecule has 0 amide bonds. The number of cyclic esters (lactones) is 1. The molecule has 1 saturated heterocycles. The van der Waals surface area contributed by atoms with Crippen molar-refractivity contribution in [3.8, 4) is 0 Å². The molecular weight excluding hydrogens is 204 g/mol. The Morgan fingerprint density at radius 3 is 2.62 bits per heavy atom. The van der Waals surface area contributed by atoms with E-state index in [9.17, 15) is 9.90 Å². The monoisotopic (exact) mass is 224 g/mol. The quantitative estimate of drug-likeness (QED) is 0.744. The van der Waals surface area contributed by atoms with Gasteiger partial charge in [-0.3, -0.25) is 4.79 Å². The van der Waals surface area contributed by atoms with Crippen LogP contribution in [0.4, 0.5) is 0 Å². The average molecular weight is 224 g/mol. The molecule has 2 aliphatic carbocycles. The van der Waals surface area contributed by atoms with Crippen LogP contribution in [0.1, 0.15) is 44.9 Å². The number of hydrogen-bond donors (Lipinski definition) is 1. The van der Waals surface area contributed by atoms with Crippen molar-refractivity contribution in [2.24, 2.45) is 17.8 Å². The van der Waals surface area contributed by atoms with E-state index < -0.39 is 0 Å². The third-order valence-corrected chi connectivity index (χ3v) is 4.79. The predicted octanol–water partition coefficient (Wildman–Crippen LogP) is 1.88. The number of aliphatic hydroxyl groups excluding tert-OH is 1. The van der Waals surface area contributed by atoms with Crippen LogP contribution in [0.25, 0.3) is 0 Å². The second-order valence-electron chi connectivity index (χ2n) is 5.78. The number of ether oxygens (including phenoxy) is 1. The van der Waals surface area contributed by atoms with Gasteiger partial charge in [-0.1, -0.05) is 0 Å². The molecule has 0 aromatic heterocycles. The van der Waals surface area contributed by atoms with E-state index in [1.54, 1.807) is 0 Å². The minimum absolute atomic E-state index is 0.0200. The minimum atomic E-state index is -0.0226. The highest BCUT2D eigenvalue weighted by Crippen LogP contribution is 2.50. The van der Waals surface area contributed by atoms with Crippen molar-refractivity contribution in [2.45, 2.75) is 57.2 Å². The Morgan fingerprint density at radius 2 is 2.06 bits per heavy atom. The van der Waals surface area contributed by atoms with E-state index in [4.69, 9.17) is 4.74 Å². The Morgan fingerprint density at radius 1 is 1.19 bits per heavy atom. The highest BCUT2D eigenvalue weighted by molar-refractivity contribution is 5.71. The maximum Gasteiger partial charge on any atom is 0.306 e. The van der Waals surface area contributed by atoms with Crippen molar-refractivity contribution in [1.29, 1.82) is 0 Å². The van der Waals surface area contributed by atoms with Gasteiger partial charge in [-0.2, -0.15) is 0 Å². The lowest BCUT2D eigenvalue weighted by molar-refractivity contribution is -0.141. The molecule has 5 unspecified atom stereocenters. The van der Waals surface area contributed by atoms with Crippen LogP contribution in [0.3, 0.4) is 0 Å². The largest absolute Gasteiger partial charge is 0.462 e. The normalized spacial score (nSPS) is 46.3. The van der Waals surface area contributed by atoms with Crippen molar-refractivity contribution in [3.05, 3.63) is 0 Å². The summed E-state index contributed by atoms with van der Waals surface area (Å²) in [4.78, 5) is 11.0. The molecule has 0 aromatic carbocycles. The van der Waals surface area contributed by atoms with Gasteiger partial charge in [0, 0.05) is 6.42 Å². The molecule has 2 saturated carbocycles. The van der Waals surface area contributed by atoms with Crippen LogP contribution in [0, 0.1) is 17.8 Å². The number of rotatable bonds is 3. The van der Waals surface area contributed by atoms with Crippen molar-refractivity contribution in [3.63, 3.8) is 0 Å². The highest BCUT2D eigenvalue weighted by Gasteiger charge is 2.44. The molecule has 0 radical (unpaired) electrons. The second kappa shape index (κ2) is 4.02. The van der Waals surface area contributed by atoms with E-state index in [-0.39, 0.29) is 18.2 Å². The van der Waals surface area contributed by atoms with Gasteiger partial charge < -0.3 is 9.84 Å². The minimum Gasteiger partial charge on any atom is -0.462 e. The smallest absolute Gasteiger partial charge is 0.306 e. The average Bonchev–Trinajstić information content (AvgIpc) is 2.90. The van der Waals surface area contributed by atoms with Crippen molar-refractivity contribution < 1.29 is 14.6 Å². The summed E-state index contributed by atoms with van der Waals surface area (Å²) in [6.45, 7) is 0. The highest BCUT2D eigenvalue weighted by atomic mass is 16.5. The van der Waals surface area contributed by atoms with Gasteiger partial charge in [-0.25, -0.2) is 0 Å². The molecule has 1 heterocycles. The standard InChI is InChI=1S/C13H20O3/c14-12-7-9-6-10(12)5-8(9)1-2-11-3-4-13(15)16-11/h8-12,14H,1-7H2. The Kier molecular flexibility index (Phi) is 2.66. The zero-order chi connectivity index (χ0) is 11.1. The molecule has 3 fully saturated rings. The Hall–Kier alpha value is -0.570. The van der Waals surface area contributed by atoms with Gasteiger partial charge in [0.15, 0.2) is 0 Å². The molecule has 0 spiro atoms. The summed E-state index contributed by atoms with van der Waals surface area (Å²) in [5.74, 6) is 2.08. The summed E-state index contributed by atoms with van der Waals surface area (Å²) in [7, 11) is 0. The molecule has 3 aliphatic rings. The zero-order valence-corrected chi connectivity index (χ0v) is 9.60. The number of esters is 1. The van der Waals surface area contributed by atoms with E-state index in [0.717, 1.165) is 31.1 Å². The summed E-state index contributed by atoms with van der Waals surface area (Å²) >= 11 is 0. The van der Waals surface area contributed by atoms with Crippen LogP contribution < -0.4 is 0 Å². The van der Waals surface area contributed by atoms with E-state index in [1.807, 2.05) is 0 Å². The molecule has 0 aromatic rings. The second-order valence-corrected chi connectivity index (χ2v) is 5.78. The van der Waals surface area contributed by atoms with Crippen LogP contribution in [0.5, 0.6) is 0 Å². The van der Waals surface area contributed by atoms with E-state index in [2.05, 4.69) is 0 Å². The Bertz CT molecular complexity index is 287. The fourth-order valence-electron chi connectivity index (χ4n) is 3.90. The van der Waals surface area contributed by atoms with E-state index >= 15 is 0 Å². The molecule has 3 rings (SSSR count). The van der Waals surface area contributed by atoms with Gasteiger partial charge in [-0.15, -0.1) is 0 Å². The molecule has 1 N–H and O–H groups in total. The molecular formula is C13H20O3. The summed E-state index contributed by atoms with van der Waals surface area (Å²) in [6, 6.07) is 0. The summed E-state index contributed by atoms with van der Waals surface area (Å²) in [5, 5.41) is 9.68. The first kappa shape index (κ1) is 10.6. The van der Waals surface area contributed by atoms with Crippen LogP contribution in [0.2, 0.25) is 0 Å². The number of aliphatic hydroxyl groups is 1. The van der Waals surface area contributed by atoms with Crippen molar-refractivity contribution in [1.82, 2.24) is 0 Å².